The number of nitrogens with zero attached hydrogens (tertiary/aromatic N) is 3. The summed E-state index contributed by atoms with van der Waals surface area (Å²) in [6, 6.07) is 6.64. The van der Waals surface area contributed by atoms with E-state index in [0.717, 1.165) is 4.70 Å². The van der Waals surface area contributed by atoms with Crippen molar-refractivity contribution < 1.29 is 4.39 Å². The van der Waals surface area contributed by atoms with Crippen molar-refractivity contribution in [3.05, 3.63) is 39.6 Å². The highest BCUT2D eigenvalue weighted by Crippen LogP contribution is 2.31. The molecule has 3 rings (SSSR count). The molecule has 0 amide bonds. The van der Waals surface area contributed by atoms with Crippen LogP contribution in [0.15, 0.2) is 33.3 Å². The van der Waals surface area contributed by atoms with Gasteiger partial charge in [0.15, 0.2) is 14.7 Å². The van der Waals surface area contributed by atoms with Crippen molar-refractivity contribution in [1.29, 1.82) is 0 Å². The standard InChI is InChI=1S/C12H8BrFN4S2/c13-11-17-10-8(20-11)9(15)16-12(18-10)19-5-6-3-1-2-4-7(6)14/h1-4H,5H2,(H2,15,16,18). The van der Waals surface area contributed by atoms with Gasteiger partial charge in [-0.1, -0.05) is 30.0 Å². The van der Waals surface area contributed by atoms with Crippen LogP contribution in [0.2, 0.25) is 0 Å². The summed E-state index contributed by atoms with van der Waals surface area (Å²) in [4.78, 5) is 12.8. The molecule has 0 aliphatic heterocycles. The molecule has 1 aromatic carbocycles. The van der Waals surface area contributed by atoms with Crippen LogP contribution < -0.4 is 5.73 Å². The van der Waals surface area contributed by atoms with Crippen LogP contribution in [0.5, 0.6) is 0 Å². The number of nitrogens with two attached hydrogens (primary N) is 1. The third-order valence-electron chi connectivity index (χ3n) is 2.55. The summed E-state index contributed by atoms with van der Waals surface area (Å²) < 4.78 is 15.0. The molecule has 0 aliphatic rings. The van der Waals surface area contributed by atoms with Crippen molar-refractivity contribution in [1.82, 2.24) is 15.0 Å². The van der Waals surface area contributed by atoms with E-state index >= 15 is 0 Å². The predicted molar refractivity (Wildman–Crippen MR) is 83.3 cm³/mol. The number of thiazole rings is 1. The third kappa shape index (κ3) is 2.77. The lowest BCUT2D eigenvalue weighted by Gasteiger charge is -2.03. The van der Waals surface area contributed by atoms with Crippen molar-refractivity contribution >= 4 is 55.2 Å². The molecule has 0 radical (unpaired) electrons. The van der Waals surface area contributed by atoms with Gasteiger partial charge in [0.2, 0.25) is 0 Å². The maximum atomic E-state index is 13.5. The molecule has 0 atom stereocenters. The number of rotatable bonds is 3. The predicted octanol–water partition coefficient (Wildman–Crippen LogP) is 3.86. The van der Waals surface area contributed by atoms with Crippen molar-refractivity contribution in [2.75, 3.05) is 5.73 Å². The summed E-state index contributed by atoms with van der Waals surface area (Å²) in [6.45, 7) is 0. The molecule has 102 valence electrons. The third-order valence-corrected chi connectivity index (χ3v) is 4.96. The van der Waals surface area contributed by atoms with Gasteiger partial charge in [-0.15, -0.1) is 11.3 Å². The molecule has 0 saturated heterocycles. The Labute approximate surface area is 130 Å². The van der Waals surface area contributed by atoms with E-state index < -0.39 is 0 Å². The number of halogens is 2. The summed E-state index contributed by atoms with van der Waals surface area (Å²) in [5.74, 6) is 0.614. The Morgan fingerprint density at radius 2 is 2.05 bits per heavy atom. The first kappa shape index (κ1) is 13.7. The lowest BCUT2D eigenvalue weighted by Crippen LogP contribution is -1.96. The maximum Gasteiger partial charge on any atom is 0.191 e. The second kappa shape index (κ2) is 5.63. The second-order valence-electron chi connectivity index (χ2n) is 3.89. The Morgan fingerprint density at radius 3 is 2.85 bits per heavy atom. The lowest BCUT2D eigenvalue weighted by atomic mass is 10.2. The van der Waals surface area contributed by atoms with E-state index in [1.165, 1.54) is 29.2 Å². The van der Waals surface area contributed by atoms with E-state index in [0.29, 0.717) is 31.9 Å². The number of hydrogen-bond donors (Lipinski definition) is 1. The van der Waals surface area contributed by atoms with E-state index in [-0.39, 0.29) is 5.82 Å². The van der Waals surface area contributed by atoms with Crippen LogP contribution in [0.25, 0.3) is 10.3 Å². The molecule has 3 aromatic rings. The number of nitrogen functional groups attached to an aromatic ring is 1. The summed E-state index contributed by atoms with van der Waals surface area (Å²) in [6.07, 6.45) is 0. The molecular formula is C12H8BrFN4S2. The molecule has 8 heteroatoms. The normalized spacial score (nSPS) is 11.1. The maximum absolute atomic E-state index is 13.5. The average molecular weight is 371 g/mol. The number of fused-ring (bicyclic) bond motifs is 1. The number of benzene rings is 1. The van der Waals surface area contributed by atoms with Crippen LogP contribution in [0, 0.1) is 5.82 Å². The van der Waals surface area contributed by atoms with Crippen molar-refractivity contribution in [2.45, 2.75) is 10.9 Å². The van der Waals surface area contributed by atoms with Crippen LogP contribution in [-0.4, -0.2) is 15.0 Å². The van der Waals surface area contributed by atoms with Crippen LogP contribution in [0.4, 0.5) is 10.2 Å². The molecule has 2 heterocycles. The number of hydrogen-bond acceptors (Lipinski definition) is 6. The van der Waals surface area contributed by atoms with Crippen LogP contribution in [0.3, 0.4) is 0 Å². The van der Waals surface area contributed by atoms with Gasteiger partial charge in [-0.25, -0.2) is 19.3 Å². The first-order valence-corrected chi connectivity index (χ1v) is 8.19. The molecule has 20 heavy (non-hydrogen) atoms. The monoisotopic (exact) mass is 370 g/mol. The fourth-order valence-corrected chi connectivity index (χ4v) is 3.74. The van der Waals surface area contributed by atoms with Crippen molar-refractivity contribution in [3.63, 3.8) is 0 Å². The van der Waals surface area contributed by atoms with Crippen molar-refractivity contribution in [2.24, 2.45) is 0 Å². The van der Waals surface area contributed by atoms with E-state index in [9.17, 15) is 4.39 Å². The van der Waals surface area contributed by atoms with Crippen molar-refractivity contribution in [3.8, 4) is 0 Å². The summed E-state index contributed by atoms with van der Waals surface area (Å²) in [7, 11) is 0. The van der Waals surface area contributed by atoms with Crippen LogP contribution in [0.1, 0.15) is 5.56 Å². The molecule has 2 aromatic heterocycles. The smallest absolute Gasteiger partial charge is 0.191 e. The minimum atomic E-state index is -0.231. The molecule has 0 bridgehead atoms. The van der Waals surface area contributed by atoms with Gasteiger partial charge in [-0.2, -0.15) is 0 Å². The Kier molecular flexibility index (Phi) is 3.86. The first-order valence-electron chi connectivity index (χ1n) is 5.59. The Bertz CT molecular complexity index is 777. The minimum Gasteiger partial charge on any atom is -0.382 e. The largest absolute Gasteiger partial charge is 0.382 e. The number of anilines is 1. The molecule has 2 N–H and O–H groups in total. The zero-order chi connectivity index (χ0) is 14.1. The zero-order valence-corrected chi connectivity index (χ0v) is 13.2. The van der Waals surface area contributed by atoms with Gasteiger partial charge in [0.1, 0.15) is 16.3 Å². The summed E-state index contributed by atoms with van der Waals surface area (Å²) in [5.41, 5.74) is 7.05. The Morgan fingerprint density at radius 1 is 1.25 bits per heavy atom. The van der Waals surface area contributed by atoms with Gasteiger partial charge in [0.05, 0.1) is 0 Å². The van der Waals surface area contributed by atoms with Gasteiger partial charge in [-0.3, -0.25) is 0 Å². The van der Waals surface area contributed by atoms with Crippen LogP contribution >= 0.6 is 39.0 Å². The number of aromatic nitrogens is 3. The van der Waals surface area contributed by atoms with Crippen LogP contribution in [-0.2, 0) is 5.75 Å². The van der Waals surface area contributed by atoms with Gasteiger partial charge in [0, 0.05) is 5.75 Å². The fraction of sp³-hybridized carbons (Fsp3) is 0.0833. The van der Waals surface area contributed by atoms with E-state index in [1.54, 1.807) is 18.2 Å². The molecular weight excluding hydrogens is 363 g/mol. The first-order chi connectivity index (χ1) is 9.63. The quantitative estimate of drug-likeness (QED) is 0.560. The SMILES string of the molecule is Nc1nc(SCc2ccccc2F)nc2nc(Br)sc12. The molecule has 0 unspecified atom stereocenters. The van der Waals surface area contributed by atoms with E-state index in [4.69, 9.17) is 5.73 Å². The molecule has 0 aliphatic carbocycles. The van der Waals surface area contributed by atoms with E-state index in [1.807, 2.05) is 0 Å². The molecule has 0 spiro atoms. The van der Waals surface area contributed by atoms with Gasteiger partial charge in [0.25, 0.3) is 0 Å². The highest BCUT2D eigenvalue weighted by molar-refractivity contribution is 9.11. The number of thioether (sulfide) groups is 1. The molecule has 0 fully saturated rings. The average Bonchev–Trinajstić information content (AvgIpc) is 2.79. The fourth-order valence-electron chi connectivity index (χ4n) is 1.62. The summed E-state index contributed by atoms with van der Waals surface area (Å²) in [5, 5.41) is 0.496. The van der Waals surface area contributed by atoms with Gasteiger partial charge >= 0.3 is 0 Å². The zero-order valence-electron chi connectivity index (χ0n) is 10.0. The van der Waals surface area contributed by atoms with Gasteiger partial charge < -0.3 is 5.73 Å². The topological polar surface area (TPSA) is 64.7 Å². The van der Waals surface area contributed by atoms with Gasteiger partial charge in [-0.05, 0) is 27.6 Å². The second-order valence-corrected chi connectivity index (χ2v) is 7.11. The Balaban J connectivity index is 1.86. The highest BCUT2D eigenvalue weighted by Gasteiger charge is 2.11. The lowest BCUT2D eigenvalue weighted by molar-refractivity contribution is 0.617. The summed E-state index contributed by atoms with van der Waals surface area (Å²) >= 11 is 6.02. The molecule has 0 saturated carbocycles. The Hall–Kier alpha value is -1.25. The highest BCUT2D eigenvalue weighted by atomic mass is 79.9. The van der Waals surface area contributed by atoms with E-state index in [2.05, 4.69) is 30.9 Å². The minimum absolute atomic E-state index is 0.231. The molecule has 4 nitrogen and oxygen atoms in total.